The van der Waals surface area contributed by atoms with E-state index >= 15 is 0 Å². The Balaban J connectivity index is 1.63. The highest BCUT2D eigenvalue weighted by molar-refractivity contribution is 6.00. The number of allylic oxidation sites excluding steroid dienone is 3. The number of hydrogen-bond donors (Lipinski definition) is 2. The third-order valence-corrected chi connectivity index (χ3v) is 5.72. The van der Waals surface area contributed by atoms with Gasteiger partial charge in [-0.25, -0.2) is 4.39 Å². The van der Waals surface area contributed by atoms with Gasteiger partial charge in [0.25, 0.3) is 0 Å². The van der Waals surface area contributed by atoms with Crippen LogP contribution in [0.5, 0.6) is 0 Å². The average Bonchev–Trinajstić information content (AvgIpc) is 3.45. The van der Waals surface area contributed by atoms with E-state index in [0.29, 0.717) is 40.3 Å². The Labute approximate surface area is 176 Å². The van der Waals surface area contributed by atoms with Gasteiger partial charge in [0, 0.05) is 35.5 Å². The summed E-state index contributed by atoms with van der Waals surface area (Å²) in [5.41, 5.74) is 8.51. The molecule has 1 aromatic carbocycles. The second kappa shape index (κ2) is 7.29. The Hall–Kier alpha value is -4.12. The van der Waals surface area contributed by atoms with E-state index in [4.69, 9.17) is 14.9 Å². The molecule has 5 rings (SSSR count). The summed E-state index contributed by atoms with van der Waals surface area (Å²) in [4.78, 5) is 13.3. The molecular weight excluding hydrogens is 399 g/mol. The van der Waals surface area contributed by atoms with Crippen molar-refractivity contribution in [3.8, 4) is 17.3 Å². The van der Waals surface area contributed by atoms with Gasteiger partial charge in [-0.15, -0.1) is 0 Å². The number of ether oxygens (including phenoxy) is 1. The summed E-state index contributed by atoms with van der Waals surface area (Å²) in [7, 11) is 0. The largest absolute Gasteiger partial charge is 0.469 e. The number of carbonyl (C=O) groups excluding carboxylic acids is 1. The van der Waals surface area contributed by atoms with Gasteiger partial charge in [0.15, 0.2) is 5.78 Å². The van der Waals surface area contributed by atoms with Crippen LogP contribution in [-0.4, -0.2) is 16.0 Å². The van der Waals surface area contributed by atoms with Crippen molar-refractivity contribution >= 4 is 5.78 Å². The van der Waals surface area contributed by atoms with Crippen LogP contribution in [-0.2, 0) is 9.53 Å². The van der Waals surface area contributed by atoms with E-state index in [1.54, 1.807) is 30.7 Å². The quantitative estimate of drug-likeness (QED) is 0.666. The lowest BCUT2D eigenvalue weighted by Gasteiger charge is -2.33. The Morgan fingerprint density at radius 3 is 2.74 bits per heavy atom. The predicted octanol–water partition coefficient (Wildman–Crippen LogP) is 4.02. The van der Waals surface area contributed by atoms with Crippen LogP contribution in [0.25, 0.3) is 11.3 Å². The van der Waals surface area contributed by atoms with E-state index in [2.05, 4.69) is 16.3 Å². The van der Waals surface area contributed by atoms with E-state index in [1.807, 2.05) is 6.07 Å². The number of nitrogens with one attached hydrogen (secondary N) is 1. The number of hydrogen-bond acceptors (Lipinski definition) is 6. The lowest BCUT2D eigenvalue weighted by molar-refractivity contribution is -0.117. The smallest absolute Gasteiger partial charge is 0.205 e. The molecule has 1 aliphatic carbocycles. The van der Waals surface area contributed by atoms with Gasteiger partial charge in [0.2, 0.25) is 5.88 Å². The minimum absolute atomic E-state index is 0.0367. The first-order valence-electron chi connectivity index (χ1n) is 9.73. The third kappa shape index (κ3) is 3.11. The molecule has 2 atom stereocenters. The van der Waals surface area contributed by atoms with Crippen LogP contribution in [0, 0.1) is 17.1 Å². The van der Waals surface area contributed by atoms with E-state index < -0.39 is 5.92 Å². The zero-order valence-electron chi connectivity index (χ0n) is 16.3. The predicted molar refractivity (Wildman–Crippen MR) is 107 cm³/mol. The minimum atomic E-state index is -0.724. The molecule has 7 nitrogen and oxygen atoms in total. The van der Waals surface area contributed by atoms with Crippen molar-refractivity contribution in [1.29, 1.82) is 5.26 Å². The summed E-state index contributed by atoms with van der Waals surface area (Å²) in [6, 6.07) is 11.6. The molecule has 0 fully saturated rings. The van der Waals surface area contributed by atoms with Crippen LogP contribution in [0.4, 0.5) is 4.39 Å². The fourth-order valence-corrected chi connectivity index (χ4v) is 4.31. The van der Waals surface area contributed by atoms with Crippen LogP contribution < -0.4 is 5.73 Å². The monoisotopic (exact) mass is 416 g/mol. The summed E-state index contributed by atoms with van der Waals surface area (Å²) < 4.78 is 24.6. The highest BCUT2D eigenvalue weighted by Gasteiger charge is 2.42. The van der Waals surface area contributed by atoms with Crippen molar-refractivity contribution in [2.24, 2.45) is 5.73 Å². The molecule has 0 bridgehead atoms. The molecule has 0 spiro atoms. The fourth-order valence-electron chi connectivity index (χ4n) is 4.31. The van der Waals surface area contributed by atoms with Gasteiger partial charge in [-0.3, -0.25) is 9.89 Å². The Bertz CT molecular complexity index is 1260. The van der Waals surface area contributed by atoms with Crippen molar-refractivity contribution in [3.63, 3.8) is 0 Å². The molecular formula is C23H17FN4O3. The van der Waals surface area contributed by atoms with Crippen LogP contribution in [0.2, 0.25) is 0 Å². The lowest BCUT2D eigenvalue weighted by Crippen LogP contribution is -2.29. The van der Waals surface area contributed by atoms with Crippen LogP contribution in [0.15, 0.2) is 76.1 Å². The van der Waals surface area contributed by atoms with E-state index in [0.717, 1.165) is 0 Å². The number of H-pyrrole nitrogens is 1. The standard InChI is InChI=1S/C23H17FN4O3/c24-14-5-3-12(4-6-14)22-16(11-27-28-22)20-15(10-25)23(26)31-19-9-13(8-17(29)21(19)20)18-2-1-7-30-18/h1-7,11,13,20H,8-9,26H2,(H,27,28)/t13-,20-/m1/s1. The van der Waals surface area contributed by atoms with E-state index in [-0.39, 0.29) is 35.4 Å². The van der Waals surface area contributed by atoms with Gasteiger partial charge < -0.3 is 14.9 Å². The highest BCUT2D eigenvalue weighted by atomic mass is 19.1. The molecule has 31 heavy (non-hydrogen) atoms. The van der Waals surface area contributed by atoms with Gasteiger partial charge in [-0.1, -0.05) is 0 Å². The first-order valence-corrected chi connectivity index (χ1v) is 9.73. The van der Waals surface area contributed by atoms with Crippen molar-refractivity contribution in [2.45, 2.75) is 24.7 Å². The molecule has 0 amide bonds. The SMILES string of the molecule is N#CC1=C(N)OC2=C(C(=O)C[C@@H](c3ccco3)C2)[C@H]1c1cn[nH]c1-c1ccc(F)cc1. The zero-order chi connectivity index (χ0) is 21.5. The summed E-state index contributed by atoms with van der Waals surface area (Å²) in [5.74, 6) is -0.301. The molecule has 0 saturated carbocycles. The van der Waals surface area contributed by atoms with E-state index in [9.17, 15) is 14.4 Å². The minimum Gasteiger partial charge on any atom is -0.469 e. The highest BCUT2D eigenvalue weighted by Crippen LogP contribution is 2.48. The van der Waals surface area contributed by atoms with Crippen molar-refractivity contribution in [1.82, 2.24) is 10.2 Å². The number of nitrogens with two attached hydrogens (primary N) is 1. The second-order valence-corrected chi connectivity index (χ2v) is 7.51. The fraction of sp³-hybridized carbons (Fsp3) is 0.174. The second-order valence-electron chi connectivity index (χ2n) is 7.51. The number of rotatable bonds is 3. The molecule has 0 unspecified atom stereocenters. The van der Waals surface area contributed by atoms with Crippen molar-refractivity contribution in [3.05, 3.63) is 88.8 Å². The maximum Gasteiger partial charge on any atom is 0.205 e. The van der Waals surface area contributed by atoms with Gasteiger partial charge in [0.05, 0.1) is 24.1 Å². The van der Waals surface area contributed by atoms with E-state index in [1.165, 1.54) is 12.1 Å². The Kier molecular flexibility index (Phi) is 4.44. The van der Waals surface area contributed by atoms with Crippen molar-refractivity contribution < 1.29 is 18.3 Å². The number of halogens is 1. The molecule has 3 N–H and O–H groups in total. The molecule has 3 aromatic rings. The number of nitrogens with zero attached hydrogens (tertiary/aromatic N) is 2. The first kappa shape index (κ1) is 18.9. The van der Waals surface area contributed by atoms with Crippen LogP contribution in [0.3, 0.4) is 0 Å². The van der Waals surface area contributed by atoms with Gasteiger partial charge in [-0.05, 0) is 36.4 Å². The number of benzene rings is 1. The molecule has 154 valence electrons. The number of aromatic nitrogens is 2. The topological polar surface area (TPSA) is 118 Å². The number of ketones is 1. The number of furan rings is 1. The maximum atomic E-state index is 13.4. The maximum absolute atomic E-state index is 13.4. The van der Waals surface area contributed by atoms with Gasteiger partial charge in [0.1, 0.15) is 29.0 Å². The zero-order valence-corrected chi connectivity index (χ0v) is 16.3. The summed E-state index contributed by atoms with van der Waals surface area (Å²) in [5, 5.41) is 16.8. The molecule has 0 saturated heterocycles. The average molecular weight is 416 g/mol. The first-order chi connectivity index (χ1) is 15.1. The number of nitriles is 1. The molecule has 0 radical (unpaired) electrons. The van der Waals surface area contributed by atoms with Gasteiger partial charge >= 0.3 is 0 Å². The van der Waals surface area contributed by atoms with Crippen LogP contribution in [0.1, 0.15) is 36.0 Å². The molecule has 1 aliphatic heterocycles. The number of carbonyl (C=O) groups is 1. The Morgan fingerprint density at radius 1 is 1.23 bits per heavy atom. The molecule has 2 aliphatic rings. The summed E-state index contributed by atoms with van der Waals surface area (Å²) in [6.45, 7) is 0. The lowest BCUT2D eigenvalue weighted by atomic mass is 9.74. The summed E-state index contributed by atoms with van der Waals surface area (Å²) >= 11 is 0. The Morgan fingerprint density at radius 2 is 2.03 bits per heavy atom. The summed E-state index contributed by atoms with van der Waals surface area (Å²) in [6.07, 6.45) is 3.79. The molecule has 8 heteroatoms. The number of Topliss-reactive ketones (excluding diaryl/α,β-unsaturated/α-hetero) is 1. The van der Waals surface area contributed by atoms with Gasteiger partial charge in [-0.2, -0.15) is 10.4 Å². The number of aromatic amines is 1. The van der Waals surface area contributed by atoms with Crippen LogP contribution >= 0.6 is 0 Å². The molecule has 2 aromatic heterocycles. The molecule has 3 heterocycles. The normalized spacial score (nSPS) is 21.0. The third-order valence-electron chi connectivity index (χ3n) is 5.72. The van der Waals surface area contributed by atoms with Crippen molar-refractivity contribution in [2.75, 3.05) is 0 Å².